The topological polar surface area (TPSA) is 88.5 Å². The summed E-state index contributed by atoms with van der Waals surface area (Å²) in [4.78, 5) is 26.9. The molecule has 1 aromatic carbocycles. The van der Waals surface area contributed by atoms with Crippen LogP contribution in [0.5, 0.6) is 5.75 Å². The van der Waals surface area contributed by atoms with Crippen molar-refractivity contribution in [3.8, 4) is 5.75 Å². The Balaban J connectivity index is 1.57. The lowest BCUT2D eigenvalue weighted by Crippen LogP contribution is -2.37. The Hall–Kier alpha value is -2.41. The SMILES string of the molecule is O=C(O)c1csc(CNC(=O)[C@H]2COc3ccccc3C2)n1. The number of aromatic nitrogens is 1. The molecule has 2 N–H and O–H groups in total. The highest BCUT2D eigenvalue weighted by Gasteiger charge is 2.25. The molecule has 1 aliphatic heterocycles. The van der Waals surface area contributed by atoms with Gasteiger partial charge in [0.2, 0.25) is 5.91 Å². The molecule has 0 radical (unpaired) electrons. The second-order valence-corrected chi connectivity index (χ2v) is 5.91. The number of carbonyl (C=O) groups is 2. The molecule has 0 bridgehead atoms. The summed E-state index contributed by atoms with van der Waals surface area (Å²) in [5.41, 5.74) is 1.03. The van der Waals surface area contributed by atoms with Crippen LogP contribution >= 0.6 is 11.3 Å². The quantitative estimate of drug-likeness (QED) is 0.896. The van der Waals surface area contributed by atoms with E-state index >= 15 is 0 Å². The molecule has 6 nitrogen and oxygen atoms in total. The molecule has 0 unspecified atom stereocenters. The number of carbonyl (C=O) groups excluding carboxylic acids is 1. The highest BCUT2D eigenvalue weighted by Crippen LogP contribution is 2.26. The predicted octanol–water partition coefficient (Wildman–Crippen LogP) is 1.71. The normalized spacial score (nSPS) is 16.5. The van der Waals surface area contributed by atoms with Gasteiger partial charge in [-0.1, -0.05) is 18.2 Å². The third-order valence-corrected chi connectivity index (χ3v) is 4.28. The molecule has 114 valence electrons. The third-order valence-electron chi connectivity index (χ3n) is 3.43. The number of para-hydroxylation sites is 1. The number of benzene rings is 1. The Kier molecular flexibility index (Phi) is 4.06. The van der Waals surface area contributed by atoms with Crippen LogP contribution in [0, 0.1) is 5.92 Å². The average molecular weight is 318 g/mol. The number of amides is 1. The van der Waals surface area contributed by atoms with Crippen LogP contribution in [0.4, 0.5) is 0 Å². The monoisotopic (exact) mass is 318 g/mol. The highest BCUT2D eigenvalue weighted by atomic mass is 32.1. The van der Waals surface area contributed by atoms with Gasteiger partial charge in [-0.3, -0.25) is 4.79 Å². The maximum absolute atomic E-state index is 12.2. The van der Waals surface area contributed by atoms with Gasteiger partial charge in [0.1, 0.15) is 17.4 Å². The van der Waals surface area contributed by atoms with Crippen molar-refractivity contribution in [2.45, 2.75) is 13.0 Å². The summed E-state index contributed by atoms with van der Waals surface area (Å²) in [7, 11) is 0. The average Bonchev–Trinajstić information content (AvgIpc) is 3.01. The lowest BCUT2D eigenvalue weighted by Gasteiger charge is -2.24. The second-order valence-electron chi connectivity index (χ2n) is 4.97. The number of nitrogens with zero attached hydrogens (tertiary/aromatic N) is 1. The zero-order chi connectivity index (χ0) is 15.5. The molecule has 0 fully saturated rings. The van der Waals surface area contributed by atoms with Crippen molar-refractivity contribution in [3.63, 3.8) is 0 Å². The van der Waals surface area contributed by atoms with E-state index in [0.717, 1.165) is 11.3 Å². The number of hydrogen-bond donors (Lipinski definition) is 2. The largest absolute Gasteiger partial charge is 0.492 e. The van der Waals surface area contributed by atoms with Crippen molar-refractivity contribution in [3.05, 3.63) is 45.9 Å². The summed E-state index contributed by atoms with van der Waals surface area (Å²) in [6.07, 6.45) is 0.639. The number of rotatable bonds is 4. The lowest BCUT2D eigenvalue weighted by atomic mass is 9.96. The fraction of sp³-hybridized carbons (Fsp3) is 0.267. The van der Waals surface area contributed by atoms with Gasteiger partial charge in [0.15, 0.2) is 5.69 Å². The van der Waals surface area contributed by atoms with Crippen LogP contribution in [-0.2, 0) is 17.8 Å². The summed E-state index contributed by atoms with van der Waals surface area (Å²) in [5, 5.41) is 13.6. The summed E-state index contributed by atoms with van der Waals surface area (Å²) < 4.78 is 5.59. The van der Waals surface area contributed by atoms with Crippen molar-refractivity contribution in [2.75, 3.05) is 6.61 Å². The summed E-state index contributed by atoms with van der Waals surface area (Å²) in [6, 6.07) is 7.67. The van der Waals surface area contributed by atoms with Gasteiger partial charge in [-0.25, -0.2) is 9.78 Å². The Labute approximate surface area is 130 Å². The fourth-order valence-electron chi connectivity index (χ4n) is 2.29. The van der Waals surface area contributed by atoms with Crippen LogP contribution < -0.4 is 10.1 Å². The van der Waals surface area contributed by atoms with Crippen LogP contribution in [0.15, 0.2) is 29.6 Å². The van der Waals surface area contributed by atoms with E-state index in [4.69, 9.17) is 9.84 Å². The molecule has 3 rings (SSSR count). The minimum atomic E-state index is -1.06. The Morgan fingerprint density at radius 2 is 2.23 bits per heavy atom. The maximum Gasteiger partial charge on any atom is 0.355 e. The number of thiazole rings is 1. The van der Waals surface area contributed by atoms with Crippen LogP contribution in [0.3, 0.4) is 0 Å². The van der Waals surface area contributed by atoms with Gasteiger partial charge in [-0.05, 0) is 18.1 Å². The van der Waals surface area contributed by atoms with Gasteiger partial charge < -0.3 is 15.2 Å². The van der Waals surface area contributed by atoms with Crippen LogP contribution in [0.2, 0.25) is 0 Å². The van der Waals surface area contributed by atoms with Crippen molar-refractivity contribution in [1.29, 1.82) is 0 Å². The molecule has 1 atom stereocenters. The molecule has 22 heavy (non-hydrogen) atoms. The number of ether oxygens (including phenoxy) is 1. The Morgan fingerprint density at radius 1 is 1.41 bits per heavy atom. The molecule has 2 heterocycles. The third kappa shape index (κ3) is 3.09. The fourth-order valence-corrected chi connectivity index (χ4v) is 3.00. The van der Waals surface area contributed by atoms with Gasteiger partial charge in [-0.15, -0.1) is 11.3 Å². The molecule has 0 saturated carbocycles. The van der Waals surface area contributed by atoms with Gasteiger partial charge in [0, 0.05) is 5.38 Å². The molecule has 7 heteroatoms. The summed E-state index contributed by atoms with van der Waals surface area (Å²) in [6.45, 7) is 0.579. The molecular weight excluding hydrogens is 304 g/mol. The van der Waals surface area contributed by atoms with E-state index in [-0.39, 0.29) is 24.1 Å². The highest BCUT2D eigenvalue weighted by molar-refractivity contribution is 7.09. The molecule has 0 aliphatic carbocycles. The van der Waals surface area contributed by atoms with E-state index in [1.54, 1.807) is 0 Å². The summed E-state index contributed by atoms with van der Waals surface area (Å²) >= 11 is 1.22. The van der Waals surface area contributed by atoms with Gasteiger partial charge in [0.05, 0.1) is 12.5 Å². The molecule has 0 spiro atoms. The van der Waals surface area contributed by atoms with Crippen molar-refractivity contribution in [2.24, 2.45) is 5.92 Å². The van der Waals surface area contributed by atoms with Gasteiger partial charge in [0.25, 0.3) is 0 Å². The van der Waals surface area contributed by atoms with E-state index < -0.39 is 5.97 Å². The number of aromatic carboxylic acids is 1. The Morgan fingerprint density at radius 3 is 3.00 bits per heavy atom. The standard InChI is InChI=1S/C15H14N2O4S/c18-14(16-6-13-17-11(8-22-13)15(19)20)10-5-9-3-1-2-4-12(9)21-7-10/h1-4,8,10H,5-7H2,(H,16,18)(H,19,20)/t10-/m1/s1. The van der Waals surface area contributed by atoms with Crippen LogP contribution in [-0.4, -0.2) is 28.6 Å². The van der Waals surface area contributed by atoms with E-state index in [1.165, 1.54) is 16.7 Å². The molecule has 0 saturated heterocycles. The van der Waals surface area contributed by atoms with Crippen LogP contribution in [0.25, 0.3) is 0 Å². The maximum atomic E-state index is 12.2. The molecule has 1 aliphatic rings. The summed E-state index contributed by atoms with van der Waals surface area (Å²) in [5.74, 6) is -0.584. The zero-order valence-electron chi connectivity index (χ0n) is 11.6. The van der Waals surface area contributed by atoms with Crippen molar-refractivity contribution in [1.82, 2.24) is 10.3 Å². The number of carboxylic acid groups (broad SMARTS) is 1. The van der Waals surface area contributed by atoms with Crippen molar-refractivity contribution >= 4 is 23.2 Å². The number of nitrogens with one attached hydrogen (secondary N) is 1. The molecule has 1 aromatic heterocycles. The minimum Gasteiger partial charge on any atom is -0.492 e. The predicted molar refractivity (Wildman–Crippen MR) is 80.1 cm³/mol. The first kappa shape index (κ1) is 14.5. The first-order valence-corrected chi connectivity index (χ1v) is 7.67. The van der Waals surface area contributed by atoms with E-state index in [0.29, 0.717) is 18.0 Å². The lowest BCUT2D eigenvalue weighted by molar-refractivity contribution is -0.126. The molecule has 2 aromatic rings. The van der Waals surface area contributed by atoms with Crippen molar-refractivity contribution < 1.29 is 19.4 Å². The number of hydrogen-bond acceptors (Lipinski definition) is 5. The first-order valence-electron chi connectivity index (χ1n) is 6.79. The van der Waals surface area contributed by atoms with E-state index in [9.17, 15) is 9.59 Å². The molecular formula is C15H14N2O4S. The van der Waals surface area contributed by atoms with E-state index in [1.807, 2.05) is 24.3 Å². The molecule has 1 amide bonds. The Bertz CT molecular complexity index is 713. The number of carboxylic acids is 1. The minimum absolute atomic E-state index is 0.00387. The van der Waals surface area contributed by atoms with Gasteiger partial charge in [-0.2, -0.15) is 0 Å². The van der Waals surface area contributed by atoms with Crippen LogP contribution in [0.1, 0.15) is 21.1 Å². The zero-order valence-corrected chi connectivity index (χ0v) is 12.4. The van der Waals surface area contributed by atoms with E-state index in [2.05, 4.69) is 10.3 Å². The second kappa shape index (κ2) is 6.15. The first-order chi connectivity index (χ1) is 10.6. The number of fused-ring (bicyclic) bond motifs is 1. The van der Waals surface area contributed by atoms with Gasteiger partial charge >= 0.3 is 5.97 Å². The smallest absolute Gasteiger partial charge is 0.355 e.